The zero-order chi connectivity index (χ0) is 13.9. The van der Waals surface area contributed by atoms with Crippen molar-refractivity contribution in [2.75, 3.05) is 0 Å². The zero-order valence-electron chi connectivity index (χ0n) is 10.3. The lowest BCUT2D eigenvalue weighted by atomic mass is 10.1. The topological polar surface area (TPSA) is 22.4 Å². The molecular weight excluding hydrogens is 295 g/mol. The van der Waals surface area contributed by atoms with E-state index in [4.69, 9.17) is 32.4 Å². The van der Waals surface area contributed by atoms with Gasteiger partial charge in [-0.2, -0.15) is 0 Å². The molecule has 0 aliphatic carbocycles. The average molecular weight is 305 g/mol. The number of furan rings is 1. The fraction of sp³-hybridized carbons (Fsp3) is 0. The summed E-state index contributed by atoms with van der Waals surface area (Å²) in [6.07, 6.45) is 1.61. The number of rotatable bonds is 3. The molecule has 20 heavy (non-hydrogen) atoms. The third kappa shape index (κ3) is 2.82. The highest BCUT2D eigenvalue weighted by Crippen LogP contribution is 2.35. The van der Waals surface area contributed by atoms with E-state index >= 15 is 0 Å². The number of hydrogen-bond donors (Lipinski definition) is 0. The van der Waals surface area contributed by atoms with Crippen molar-refractivity contribution in [3.8, 4) is 22.8 Å². The minimum atomic E-state index is 0.625. The molecule has 0 aliphatic heterocycles. The van der Waals surface area contributed by atoms with Crippen molar-refractivity contribution in [3.05, 3.63) is 70.9 Å². The summed E-state index contributed by atoms with van der Waals surface area (Å²) in [7, 11) is 0. The van der Waals surface area contributed by atoms with E-state index in [1.54, 1.807) is 24.5 Å². The summed E-state index contributed by atoms with van der Waals surface area (Å²) in [6.45, 7) is 0. The average Bonchev–Trinajstić information content (AvgIpc) is 2.97. The van der Waals surface area contributed by atoms with Crippen LogP contribution >= 0.6 is 23.2 Å². The summed E-state index contributed by atoms with van der Waals surface area (Å²) in [5, 5.41) is 1.29. The Labute approximate surface area is 126 Å². The first kappa shape index (κ1) is 13.1. The van der Waals surface area contributed by atoms with E-state index in [0.29, 0.717) is 27.3 Å². The number of hydrogen-bond acceptors (Lipinski definition) is 2. The predicted octanol–water partition coefficient (Wildman–Crippen LogP) is 6.05. The Morgan fingerprint density at radius 2 is 1.60 bits per heavy atom. The molecule has 1 heterocycles. The second-order valence-corrected chi connectivity index (χ2v) is 5.05. The molecule has 0 saturated heterocycles. The van der Waals surface area contributed by atoms with Crippen LogP contribution in [0.2, 0.25) is 10.0 Å². The molecule has 0 spiro atoms. The Morgan fingerprint density at radius 3 is 2.30 bits per heavy atom. The Bertz CT molecular complexity index is 704. The molecule has 0 saturated carbocycles. The first-order chi connectivity index (χ1) is 9.72. The molecule has 0 radical (unpaired) electrons. The van der Waals surface area contributed by atoms with Gasteiger partial charge in [-0.05, 0) is 54.6 Å². The van der Waals surface area contributed by atoms with Gasteiger partial charge in [-0.1, -0.05) is 23.2 Å². The second-order valence-electron chi connectivity index (χ2n) is 4.17. The van der Waals surface area contributed by atoms with Crippen molar-refractivity contribution in [2.45, 2.75) is 0 Å². The number of benzene rings is 2. The molecule has 0 aliphatic rings. The normalized spacial score (nSPS) is 10.5. The Balaban J connectivity index is 1.99. The van der Waals surface area contributed by atoms with E-state index in [-0.39, 0.29) is 0 Å². The van der Waals surface area contributed by atoms with E-state index in [0.717, 1.165) is 5.56 Å². The molecule has 100 valence electrons. The first-order valence-corrected chi connectivity index (χ1v) is 6.75. The smallest absolute Gasteiger partial charge is 0.138 e. The van der Waals surface area contributed by atoms with E-state index in [2.05, 4.69) is 0 Å². The molecule has 0 N–H and O–H groups in total. The van der Waals surface area contributed by atoms with Crippen LogP contribution < -0.4 is 4.74 Å². The molecule has 3 aromatic rings. The molecule has 0 bridgehead atoms. The van der Waals surface area contributed by atoms with Crippen molar-refractivity contribution in [1.29, 1.82) is 0 Å². The van der Waals surface area contributed by atoms with Gasteiger partial charge in [0.15, 0.2) is 0 Å². The highest BCUT2D eigenvalue weighted by molar-refractivity contribution is 6.31. The van der Waals surface area contributed by atoms with Crippen LogP contribution in [0.25, 0.3) is 11.3 Å². The standard InChI is InChI=1S/C16H10Cl2O2/c17-11-3-6-13(7-4-11)20-16-8-5-12(18)10-14(16)15-2-1-9-19-15/h1-10H. The maximum Gasteiger partial charge on any atom is 0.138 e. The highest BCUT2D eigenvalue weighted by Gasteiger charge is 2.10. The lowest BCUT2D eigenvalue weighted by Crippen LogP contribution is -1.87. The molecule has 3 rings (SSSR count). The van der Waals surface area contributed by atoms with Crippen LogP contribution in [0, 0.1) is 0 Å². The molecule has 0 atom stereocenters. The Morgan fingerprint density at radius 1 is 0.850 bits per heavy atom. The van der Waals surface area contributed by atoms with Gasteiger partial charge in [0, 0.05) is 10.0 Å². The van der Waals surface area contributed by atoms with Crippen molar-refractivity contribution >= 4 is 23.2 Å². The fourth-order valence-corrected chi connectivity index (χ4v) is 2.14. The maximum absolute atomic E-state index is 6.04. The van der Waals surface area contributed by atoms with Gasteiger partial charge in [0.25, 0.3) is 0 Å². The lowest BCUT2D eigenvalue weighted by molar-refractivity contribution is 0.481. The monoisotopic (exact) mass is 304 g/mol. The van der Waals surface area contributed by atoms with E-state index in [1.165, 1.54) is 0 Å². The molecule has 2 nitrogen and oxygen atoms in total. The summed E-state index contributed by atoms with van der Waals surface area (Å²) < 4.78 is 11.3. The summed E-state index contributed by atoms with van der Waals surface area (Å²) in [6, 6.07) is 16.3. The lowest BCUT2D eigenvalue weighted by Gasteiger charge is -2.10. The van der Waals surface area contributed by atoms with Gasteiger partial charge in [-0.15, -0.1) is 0 Å². The largest absolute Gasteiger partial charge is 0.464 e. The quantitative estimate of drug-likeness (QED) is 0.588. The molecule has 0 unspecified atom stereocenters. The van der Waals surface area contributed by atoms with E-state index in [9.17, 15) is 0 Å². The number of ether oxygens (including phenoxy) is 1. The van der Waals surface area contributed by atoms with Crippen LogP contribution in [0.5, 0.6) is 11.5 Å². The summed E-state index contributed by atoms with van der Waals surface area (Å²) in [4.78, 5) is 0. The second kappa shape index (κ2) is 5.61. The Hall–Kier alpha value is -1.90. The molecule has 2 aromatic carbocycles. The van der Waals surface area contributed by atoms with Crippen molar-refractivity contribution in [2.24, 2.45) is 0 Å². The summed E-state index contributed by atoms with van der Waals surface area (Å²) >= 11 is 11.9. The van der Waals surface area contributed by atoms with E-state index < -0.39 is 0 Å². The minimum Gasteiger partial charge on any atom is -0.464 e. The van der Waals surface area contributed by atoms with Gasteiger partial charge < -0.3 is 9.15 Å². The van der Waals surface area contributed by atoms with Crippen molar-refractivity contribution < 1.29 is 9.15 Å². The van der Waals surface area contributed by atoms with Gasteiger partial charge in [-0.25, -0.2) is 0 Å². The Kier molecular flexibility index (Phi) is 3.68. The highest BCUT2D eigenvalue weighted by atomic mass is 35.5. The summed E-state index contributed by atoms with van der Waals surface area (Å²) in [5.74, 6) is 2.08. The maximum atomic E-state index is 6.04. The van der Waals surface area contributed by atoms with Crippen LogP contribution in [0.15, 0.2) is 65.3 Å². The number of halogens is 2. The zero-order valence-corrected chi connectivity index (χ0v) is 11.9. The molecule has 4 heteroatoms. The van der Waals surface area contributed by atoms with Crippen LogP contribution in [-0.2, 0) is 0 Å². The van der Waals surface area contributed by atoms with Gasteiger partial charge >= 0.3 is 0 Å². The molecule has 0 fully saturated rings. The van der Waals surface area contributed by atoms with Crippen LogP contribution in [0.1, 0.15) is 0 Å². The van der Waals surface area contributed by atoms with Crippen molar-refractivity contribution in [1.82, 2.24) is 0 Å². The van der Waals surface area contributed by atoms with Crippen LogP contribution in [0.4, 0.5) is 0 Å². The van der Waals surface area contributed by atoms with Crippen LogP contribution in [0.3, 0.4) is 0 Å². The van der Waals surface area contributed by atoms with E-state index in [1.807, 2.05) is 36.4 Å². The molecule has 0 amide bonds. The molecular formula is C16H10Cl2O2. The third-order valence-electron chi connectivity index (χ3n) is 2.77. The summed E-state index contributed by atoms with van der Waals surface area (Å²) in [5.41, 5.74) is 0.803. The predicted molar refractivity (Wildman–Crippen MR) is 80.7 cm³/mol. The van der Waals surface area contributed by atoms with Gasteiger partial charge in [-0.3, -0.25) is 0 Å². The SMILES string of the molecule is Clc1ccc(Oc2ccc(Cl)cc2-c2ccco2)cc1. The van der Waals surface area contributed by atoms with Gasteiger partial charge in [0.1, 0.15) is 17.3 Å². The minimum absolute atomic E-state index is 0.625. The fourth-order valence-electron chi connectivity index (χ4n) is 1.85. The van der Waals surface area contributed by atoms with Gasteiger partial charge in [0.05, 0.1) is 11.8 Å². The first-order valence-electron chi connectivity index (χ1n) is 5.99. The molecule has 1 aromatic heterocycles. The van der Waals surface area contributed by atoms with Gasteiger partial charge in [0.2, 0.25) is 0 Å². The van der Waals surface area contributed by atoms with Crippen molar-refractivity contribution in [3.63, 3.8) is 0 Å². The van der Waals surface area contributed by atoms with Crippen LogP contribution in [-0.4, -0.2) is 0 Å². The third-order valence-corrected chi connectivity index (χ3v) is 3.26.